The molecule has 0 aliphatic heterocycles. The van der Waals surface area contributed by atoms with E-state index in [4.69, 9.17) is 18.0 Å². The molecular formula is C15H21BrN2S. The minimum atomic E-state index is 0.456. The van der Waals surface area contributed by atoms with E-state index < -0.39 is 0 Å². The lowest BCUT2D eigenvalue weighted by atomic mass is 10.0. The number of hydrogen-bond donors (Lipinski definition) is 2. The summed E-state index contributed by atoms with van der Waals surface area (Å²) in [4.78, 5) is 0.456. The van der Waals surface area contributed by atoms with Gasteiger partial charge in [0.25, 0.3) is 0 Å². The molecule has 2 rings (SSSR count). The molecule has 1 saturated carbocycles. The Balaban J connectivity index is 2.13. The molecule has 104 valence electrons. The highest BCUT2D eigenvalue weighted by atomic mass is 79.9. The Kier molecular flexibility index (Phi) is 5.22. The molecule has 1 aliphatic carbocycles. The number of benzene rings is 1. The Morgan fingerprint density at radius 1 is 1.32 bits per heavy atom. The summed E-state index contributed by atoms with van der Waals surface area (Å²) >= 11 is 8.64. The topological polar surface area (TPSA) is 38.0 Å². The fourth-order valence-electron chi connectivity index (χ4n) is 2.70. The third-order valence-electron chi connectivity index (χ3n) is 3.86. The van der Waals surface area contributed by atoms with E-state index in [2.05, 4.69) is 34.2 Å². The zero-order chi connectivity index (χ0) is 13.8. The molecule has 0 aromatic heterocycles. The Hall–Kier alpha value is -0.610. The molecular weight excluding hydrogens is 320 g/mol. The van der Waals surface area contributed by atoms with Crippen LogP contribution in [-0.4, -0.2) is 11.0 Å². The van der Waals surface area contributed by atoms with Crippen LogP contribution in [0.2, 0.25) is 0 Å². The molecule has 0 heterocycles. The van der Waals surface area contributed by atoms with Gasteiger partial charge in [-0.1, -0.05) is 47.9 Å². The molecule has 1 aliphatic rings. The third-order valence-corrected chi connectivity index (χ3v) is 4.58. The lowest BCUT2D eigenvalue weighted by Gasteiger charge is -2.20. The van der Waals surface area contributed by atoms with Gasteiger partial charge in [-0.2, -0.15) is 0 Å². The third kappa shape index (κ3) is 4.18. The van der Waals surface area contributed by atoms with Gasteiger partial charge in [0.05, 0.1) is 0 Å². The van der Waals surface area contributed by atoms with Gasteiger partial charge >= 0.3 is 0 Å². The van der Waals surface area contributed by atoms with E-state index in [0.717, 1.165) is 21.6 Å². The van der Waals surface area contributed by atoms with E-state index in [1.807, 2.05) is 12.1 Å². The zero-order valence-corrected chi connectivity index (χ0v) is 13.7. The van der Waals surface area contributed by atoms with E-state index >= 15 is 0 Å². The standard InChI is InChI=1S/C15H21BrN2S/c1-10-3-2-4-12(7-5-10)18-14-9-11(16)6-8-13(14)15(17)19/h6,8-10,12,18H,2-5,7H2,1H3,(H2,17,19). The van der Waals surface area contributed by atoms with Gasteiger partial charge in [-0.3, -0.25) is 0 Å². The van der Waals surface area contributed by atoms with Crippen LogP contribution in [-0.2, 0) is 0 Å². The molecule has 2 atom stereocenters. The lowest BCUT2D eigenvalue weighted by molar-refractivity contribution is 0.502. The first-order valence-corrected chi connectivity index (χ1v) is 8.12. The highest BCUT2D eigenvalue weighted by molar-refractivity contribution is 9.10. The second-order valence-corrected chi connectivity index (χ2v) is 6.86. The lowest BCUT2D eigenvalue weighted by Crippen LogP contribution is -2.21. The predicted molar refractivity (Wildman–Crippen MR) is 89.7 cm³/mol. The fraction of sp³-hybridized carbons (Fsp3) is 0.533. The van der Waals surface area contributed by atoms with Gasteiger partial charge in [0, 0.05) is 21.8 Å². The number of anilines is 1. The first-order valence-electron chi connectivity index (χ1n) is 6.92. The smallest absolute Gasteiger partial charge is 0.106 e. The number of halogens is 1. The number of hydrogen-bond acceptors (Lipinski definition) is 2. The van der Waals surface area contributed by atoms with Crippen LogP contribution in [0, 0.1) is 5.92 Å². The summed E-state index contributed by atoms with van der Waals surface area (Å²) in [5, 5.41) is 3.63. The van der Waals surface area contributed by atoms with E-state index in [-0.39, 0.29) is 0 Å². The molecule has 0 amide bonds. The molecule has 0 spiro atoms. The van der Waals surface area contributed by atoms with Crippen molar-refractivity contribution in [2.75, 3.05) is 5.32 Å². The Morgan fingerprint density at radius 2 is 2.11 bits per heavy atom. The van der Waals surface area contributed by atoms with E-state index in [0.29, 0.717) is 11.0 Å². The summed E-state index contributed by atoms with van der Waals surface area (Å²) < 4.78 is 1.05. The highest BCUT2D eigenvalue weighted by Gasteiger charge is 2.17. The molecule has 1 aromatic carbocycles. The average molecular weight is 341 g/mol. The van der Waals surface area contributed by atoms with E-state index in [1.54, 1.807) is 0 Å². The van der Waals surface area contributed by atoms with Crippen molar-refractivity contribution in [1.82, 2.24) is 0 Å². The highest BCUT2D eigenvalue weighted by Crippen LogP contribution is 2.28. The maximum Gasteiger partial charge on any atom is 0.106 e. The van der Waals surface area contributed by atoms with Gasteiger partial charge in [-0.25, -0.2) is 0 Å². The number of thiocarbonyl (C=S) groups is 1. The van der Waals surface area contributed by atoms with Crippen LogP contribution in [0.15, 0.2) is 22.7 Å². The van der Waals surface area contributed by atoms with Crippen LogP contribution in [0.4, 0.5) is 5.69 Å². The van der Waals surface area contributed by atoms with Crippen molar-refractivity contribution in [1.29, 1.82) is 0 Å². The SMILES string of the molecule is CC1CCCC(Nc2cc(Br)ccc2C(N)=S)CC1. The first kappa shape index (κ1) is 14.8. The molecule has 0 bridgehead atoms. The minimum Gasteiger partial charge on any atom is -0.389 e. The molecule has 4 heteroatoms. The van der Waals surface area contributed by atoms with Crippen molar-refractivity contribution >= 4 is 38.8 Å². The molecule has 0 saturated heterocycles. The molecule has 2 nitrogen and oxygen atoms in total. The van der Waals surface area contributed by atoms with E-state index in [9.17, 15) is 0 Å². The van der Waals surface area contributed by atoms with Gasteiger partial charge in [-0.05, 0) is 43.4 Å². The van der Waals surface area contributed by atoms with Crippen molar-refractivity contribution in [3.8, 4) is 0 Å². The summed E-state index contributed by atoms with van der Waals surface area (Å²) in [6.07, 6.45) is 6.40. The Morgan fingerprint density at radius 3 is 2.84 bits per heavy atom. The van der Waals surface area contributed by atoms with Crippen LogP contribution in [0.5, 0.6) is 0 Å². The molecule has 2 unspecified atom stereocenters. The van der Waals surface area contributed by atoms with Gasteiger partial charge in [-0.15, -0.1) is 0 Å². The second kappa shape index (κ2) is 6.71. The second-order valence-electron chi connectivity index (χ2n) is 5.51. The van der Waals surface area contributed by atoms with Crippen LogP contribution < -0.4 is 11.1 Å². The van der Waals surface area contributed by atoms with Crippen LogP contribution in [0.3, 0.4) is 0 Å². The largest absolute Gasteiger partial charge is 0.389 e. The maximum absolute atomic E-state index is 5.80. The minimum absolute atomic E-state index is 0.456. The summed E-state index contributed by atoms with van der Waals surface area (Å²) in [5.74, 6) is 0.851. The number of nitrogens with two attached hydrogens (primary N) is 1. The van der Waals surface area contributed by atoms with Gasteiger partial charge in [0.15, 0.2) is 0 Å². The monoisotopic (exact) mass is 340 g/mol. The Bertz CT molecular complexity index is 461. The summed E-state index contributed by atoms with van der Waals surface area (Å²) in [6.45, 7) is 2.35. The first-order chi connectivity index (χ1) is 9.06. The summed E-state index contributed by atoms with van der Waals surface area (Å²) in [5.41, 5.74) is 7.80. The average Bonchev–Trinajstić information content (AvgIpc) is 2.54. The van der Waals surface area contributed by atoms with Gasteiger partial charge in [0.1, 0.15) is 4.99 Å². The van der Waals surface area contributed by atoms with Crippen molar-refractivity contribution in [3.63, 3.8) is 0 Å². The van der Waals surface area contributed by atoms with Crippen LogP contribution in [0.25, 0.3) is 0 Å². The molecule has 19 heavy (non-hydrogen) atoms. The molecule has 3 N–H and O–H groups in total. The van der Waals surface area contributed by atoms with Crippen molar-refractivity contribution in [2.45, 2.75) is 45.1 Å². The van der Waals surface area contributed by atoms with E-state index in [1.165, 1.54) is 32.1 Å². The normalized spacial score (nSPS) is 23.7. The van der Waals surface area contributed by atoms with Crippen LogP contribution in [0.1, 0.15) is 44.6 Å². The summed E-state index contributed by atoms with van der Waals surface area (Å²) in [7, 11) is 0. The van der Waals surface area contributed by atoms with Gasteiger partial charge < -0.3 is 11.1 Å². The molecule has 1 fully saturated rings. The number of nitrogens with one attached hydrogen (secondary N) is 1. The van der Waals surface area contributed by atoms with Gasteiger partial charge in [0.2, 0.25) is 0 Å². The summed E-state index contributed by atoms with van der Waals surface area (Å²) in [6, 6.07) is 6.57. The number of rotatable bonds is 3. The molecule has 0 radical (unpaired) electrons. The van der Waals surface area contributed by atoms with Crippen molar-refractivity contribution in [2.24, 2.45) is 11.7 Å². The predicted octanol–water partition coefficient (Wildman–Crippen LogP) is 4.46. The zero-order valence-electron chi connectivity index (χ0n) is 11.3. The maximum atomic E-state index is 5.80. The quantitative estimate of drug-likeness (QED) is 0.629. The van der Waals surface area contributed by atoms with Crippen LogP contribution >= 0.6 is 28.1 Å². The molecule has 1 aromatic rings. The Labute approximate surface area is 129 Å². The van der Waals surface area contributed by atoms with Crippen molar-refractivity contribution < 1.29 is 0 Å². The fourth-order valence-corrected chi connectivity index (χ4v) is 3.24. The van der Waals surface area contributed by atoms with Crippen molar-refractivity contribution in [3.05, 3.63) is 28.2 Å².